The lowest BCUT2D eigenvalue weighted by Crippen LogP contribution is -2.67. The molecule has 8 aromatic carbocycles. The molecule has 2 saturated heterocycles. The Bertz CT molecular complexity index is 3170. The van der Waals surface area contributed by atoms with Gasteiger partial charge in [-0.1, -0.05) is 192 Å². The Morgan fingerprint density at radius 3 is 1.40 bits per heavy atom. The lowest BCUT2D eigenvalue weighted by molar-refractivity contribution is -0.347. The molecular weight excluding hydrogens is 1040 g/mol. The highest BCUT2D eigenvalue weighted by Gasteiger charge is 2.56. The van der Waals surface area contributed by atoms with Crippen molar-refractivity contribution < 1.29 is 57.0 Å². The highest BCUT2D eigenvalue weighted by molar-refractivity contribution is 7.99. The fourth-order valence-corrected chi connectivity index (χ4v) is 10.7. The lowest BCUT2D eigenvalue weighted by atomic mass is 9.96. The van der Waals surface area contributed by atoms with Crippen molar-refractivity contribution >= 4 is 23.7 Å². The average Bonchev–Trinajstić information content (AvgIpc) is 3.63. The van der Waals surface area contributed by atoms with E-state index in [1.807, 2.05) is 166 Å². The number of esters is 2. The lowest BCUT2D eigenvalue weighted by Gasteiger charge is -2.50. The van der Waals surface area contributed by atoms with Crippen LogP contribution in [0.15, 0.2) is 229 Å². The molecule has 416 valence electrons. The molecule has 0 aliphatic carbocycles. The molecule has 0 bridgehead atoms. The summed E-state index contributed by atoms with van der Waals surface area (Å²) in [6.07, 6.45) is -9.71. The van der Waals surface area contributed by atoms with E-state index in [0.29, 0.717) is 22.6 Å². The van der Waals surface area contributed by atoms with Crippen molar-refractivity contribution in [1.29, 1.82) is 0 Å². The van der Waals surface area contributed by atoms with Crippen LogP contribution in [0.4, 0.5) is 0 Å². The highest BCUT2D eigenvalue weighted by atomic mass is 32.2. The zero-order valence-corrected chi connectivity index (χ0v) is 46.3. The number of ether oxygens (including phenoxy) is 10. The molecule has 0 amide bonds. The van der Waals surface area contributed by atoms with Gasteiger partial charge in [-0.15, -0.1) is 0 Å². The van der Waals surface area contributed by atoms with Gasteiger partial charge in [-0.3, -0.25) is 0 Å². The second-order valence-corrected chi connectivity index (χ2v) is 21.3. The third-order valence-corrected chi connectivity index (χ3v) is 15.1. The minimum absolute atomic E-state index is 0.0428. The largest absolute Gasteiger partial charge is 0.484 e. The molecule has 2 fully saturated rings. The third-order valence-electron chi connectivity index (χ3n) is 13.9. The van der Waals surface area contributed by atoms with Gasteiger partial charge >= 0.3 is 11.9 Å². The van der Waals surface area contributed by atoms with E-state index in [4.69, 9.17) is 47.4 Å². The van der Waals surface area contributed by atoms with Crippen LogP contribution in [0.5, 0.6) is 11.5 Å². The number of hydrogen-bond acceptors (Lipinski definition) is 13. The van der Waals surface area contributed by atoms with Crippen LogP contribution < -0.4 is 9.47 Å². The van der Waals surface area contributed by atoms with Crippen molar-refractivity contribution in [2.75, 3.05) is 13.2 Å². The minimum atomic E-state index is -1.35. The number of carbonyl (C=O) groups excluding carboxylic acids is 2. The van der Waals surface area contributed by atoms with Gasteiger partial charge in [0.1, 0.15) is 54.1 Å². The van der Waals surface area contributed by atoms with Crippen molar-refractivity contribution in [3.05, 3.63) is 269 Å². The summed E-state index contributed by atoms with van der Waals surface area (Å²) in [6.45, 7) is 6.19. The van der Waals surface area contributed by atoms with E-state index in [2.05, 4.69) is 31.2 Å². The number of aryl methyl sites for hydroxylation is 3. The molecule has 81 heavy (non-hydrogen) atoms. The van der Waals surface area contributed by atoms with Crippen LogP contribution in [-0.4, -0.2) is 85.7 Å². The van der Waals surface area contributed by atoms with E-state index in [-0.39, 0.29) is 33.0 Å². The molecule has 8 aromatic rings. The summed E-state index contributed by atoms with van der Waals surface area (Å²) >= 11 is 1.51. The topological polar surface area (TPSA) is 126 Å². The standard InChI is InChI=1S/C68H66O12S/c1-46-29-35-54(36-30-46)75-62-60(57(44-71-41-49-19-9-4-10-20-49)78-68(81-56-39-33-48(3)34-40-56)64(62)76-55-37-31-47(2)32-38-55)80-67-63(73-43-51-23-13-6-14-24-51)61(72-42-50-21-11-5-12-22-50)59(79-66(70)53-27-17-8-18-28-53)58(77-67)45-74-65(69)52-25-15-7-16-26-52/h4-40,57-64,67-68H,41-45H2,1-3H3/t57-,58-,59+,60-,61+,62+,63-,64-,67-,68+/m1/s1. The Morgan fingerprint density at radius 2 is 0.864 bits per heavy atom. The first-order valence-electron chi connectivity index (χ1n) is 27.3. The summed E-state index contributed by atoms with van der Waals surface area (Å²) in [5, 5.41) is 0. The van der Waals surface area contributed by atoms with Crippen molar-refractivity contribution in [2.24, 2.45) is 0 Å². The fraction of sp³-hybridized carbons (Fsp3) is 0.265. The van der Waals surface area contributed by atoms with E-state index >= 15 is 0 Å². The normalized spacial score (nSPS) is 22.5. The zero-order valence-electron chi connectivity index (χ0n) is 45.5. The van der Waals surface area contributed by atoms with E-state index < -0.39 is 72.5 Å². The van der Waals surface area contributed by atoms with Gasteiger partial charge in [-0.25, -0.2) is 9.59 Å². The molecule has 0 unspecified atom stereocenters. The first kappa shape index (κ1) is 56.7. The van der Waals surface area contributed by atoms with Crippen LogP contribution in [0.3, 0.4) is 0 Å². The zero-order chi connectivity index (χ0) is 55.8. The number of benzene rings is 8. The molecule has 13 heteroatoms. The van der Waals surface area contributed by atoms with Crippen molar-refractivity contribution in [1.82, 2.24) is 0 Å². The second kappa shape index (κ2) is 28.2. The van der Waals surface area contributed by atoms with Gasteiger partial charge in [0.25, 0.3) is 0 Å². The highest BCUT2D eigenvalue weighted by Crippen LogP contribution is 2.41. The van der Waals surface area contributed by atoms with Gasteiger partial charge in [-0.05, 0) is 98.1 Å². The maximum absolute atomic E-state index is 14.4. The Hall–Kier alpha value is -7.59. The van der Waals surface area contributed by atoms with Crippen LogP contribution in [-0.2, 0) is 57.7 Å². The summed E-state index contributed by atoms with van der Waals surface area (Å²) in [4.78, 5) is 29.2. The van der Waals surface area contributed by atoms with Crippen molar-refractivity contribution in [2.45, 2.75) is 106 Å². The molecule has 0 aromatic heterocycles. The van der Waals surface area contributed by atoms with Gasteiger partial charge in [0, 0.05) is 4.90 Å². The third kappa shape index (κ3) is 15.7. The summed E-state index contributed by atoms with van der Waals surface area (Å²) < 4.78 is 69.8. The molecule has 2 heterocycles. The van der Waals surface area contributed by atoms with Gasteiger partial charge in [-0.2, -0.15) is 0 Å². The van der Waals surface area contributed by atoms with Crippen LogP contribution in [0.2, 0.25) is 0 Å². The summed E-state index contributed by atoms with van der Waals surface area (Å²) in [5.41, 5.74) is 5.83. The number of carbonyl (C=O) groups is 2. The van der Waals surface area contributed by atoms with E-state index in [1.54, 1.807) is 48.5 Å². The van der Waals surface area contributed by atoms with Crippen LogP contribution >= 0.6 is 11.8 Å². The SMILES string of the molecule is Cc1ccc(O[C@@H]2[C@@H](Oc3ccc(C)cc3)[C@H](Sc3ccc(C)cc3)O[C@H](COCc3ccccc3)[C@H]2O[C@H]2O[C@H](COC(=O)c3ccccc3)[C@H](OC(=O)c3ccccc3)[C@H](OCc3ccccc3)[C@H]2OCc2ccccc2)cc1. The first-order chi connectivity index (χ1) is 39.7. The smallest absolute Gasteiger partial charge is 0.338 e. The van der Waals surface area contributed by atoms with Crippen molar-refractivity contribution in [3.63, 3.8) is 0 Å². The molecule has 12 nitrogen and oxygen atoms in total. The Balaban J connectivity index is 1.10. The second-order valence-electron chi connectivity index (χ2n) is 20.1. The molecule has 2 aliphatic heterocycles. The summed E-state index contributed by atoms with van der Waals surface area (Å²) in [7, 11) is 0. The molecule has 0 spiro atoms. The van der Waals surface area contributed by atoms with Crippen LogP contribution in [0.25, 0.3) is 0 Å². The Morgan fingerprint density at radius 1 is 0.420 bits per heavy atom. The molecular formula is C68H66O12S. The van der Waals surface area contributed by atoms with Crippen LogP contribution in [0.1, 0.15) is 54.1 Å². The van der Waals surface area contributed by atoms with Gasteiger partial charge < -0.3 is 47.4 Å². The maximum Gasteiger partial charge on any atom is 0.338 e. The molecule has 0 saturated carbocycles. The van der Waals surface area contributed by atoms with E-state index in [9.17, 15) is 9.59 Å². The van der Waals surface area contributed by atoms with Crippen LogP contribution in [0, 0.1) is 20.8 Å². The number of hydrogen-bond donors (Lipinski definition) is 0. The monoisotopic (exact) mass is 1110 g/mol. The number of rotatable bonds is 23. The summed E-state index contributed by atoms with van der Waals surface area (Å²) in [5.74, 6) is -0.0977. The van der Waals surface area contributed by atoms with E-state index in [0.717, 1.165) is 38.3 Å². The predicted octanol–water partition coefficient (Wildman–Crippen LogP) is 12.9. The quantitative estimate of drug-likeness (QED) is 0.0565. The molecule has 0 N–H and O–H groups in total. The predicted molar refractivity (Wildman–Crippen MR) is 309 cm³/mol. The van der Waals surface area contributed by atoms with Crippen molar-refractivity contribution in [3.8, 4) is 11.5 Å². The minimum Gasteiger partial charge on any atom is -0.484 e. The molecule has 10 rings (SSSR count). The fourth-order valence-electron chi connectivity index (χ4n) is 9.60. The van der Waals surface area contributed by atoms with Gasteiger partial charge in [0.2, 0.25) is 0 Å². The summed E-state index contributed by atoms with van der Waals surface area (Å²) in [6, 6.07) is 70.6. The maximum atomic E-state index is 14.4. The van der Waals surface area contributed by atoms with E-state index in [1.165, 1.54) is 11.8 Å². The first-order valence-corrected chi connectivity index (χ1v) is 28.1. The number of thioether (sulfide) groups is 1. The Kier molecular flexibility index (Phi) is 19.7. The average molecular weight is 1110 g/mol. The molecule has 0 radical (unpaired) electrons. The Labute approximate surface area is 478 Å². The van der Waals surface area contributed by atoms with Gasteiger partial charge in [0.15, 0.2) is 24.6 Å². The molecule has 10 atom stereocenters. The molecule has 2 aliphatic rings. The van der Waals surface area contributed by atoms with Gasteiger partial charge in [0.05, 0.1) is 37.6 Å².